The van der Waals surface area contributed by atoms with Gasteiger partial charge in [-0.1, -0.05) is 23.7 Å². The van der Waals surface area contributed by atoms with Crippen molar-refractivity contribution >= 4 is 28.9 Å². The van der Waals surface area contributed by atoms with E-state index in [-0.39, 0.29) is 0 Å². The molecule has 0 amide bonds. The first kappa shape index (κ1) is 13.8. The van der Waals surface area contributed by atoms with Crippen molar-refractivity contribution in [3.63, 3.8) is 0 Å². The number of nitrogens with one attached hydrogen (secondary N) is 2. The van der Waals surface area contributed by atoms with E-state index in [9.17, 15) is 0 Å². The van der Waals surface area contributed by atoms with Crippen molar-refractivity contribution in [1.82, 2.24) is 20.4 Å². The van der Waals surface area contributed by atoms with Gasteiger partial charge in [0.2, 0.25) is 0 Å². The van der Waals surface area contributed by atoms with Crippen molar-refractivity contribution in [2.75, 3.05) is 0 Å². The van der Waals surface area contributed by atoms with Crippen LogP contribution in [0.2, 0.25) is 5.02 Å². The van der Waals surface area contributed by atoms with Crippen LogP contribution >= 0.6 is 23.8 Å². The summed E-state index contributed by atoms with van der Waals surface area (Å²) >= 11 is 11.0. The SMILES string of the molecule is Cn1cc(CNC(=S)NCc2ccc(Cl)cc2)cn1. The molecule has 0 aliphatic rings. The maximum Gasteiger partial charge on any atom is 0.166 e. The largest absolute Gasteiger partial charge is 0.359 e. The standard InChI is InChI=1S/C13H15ClN4S/c1-18-9-11(8-17-18)7-16-13(19)15-6-10-2-4-12(14)5-3-10/h2-5,8-9H,6-7H2,1H3,(H2,15,16,19). The number of rotatable bonds is 4. The zero-order chi connectivity index (χ0) is 13.7. The van der Waals surface area contributed by atoms with E-state index in [1.165, 1.54) is 0 Å². The smallest absolute Gasteiger partial charge is 0.166 e. The highest BCUT2D eigenvalue weighted by Crippen LogP contribution is 2.09. The highest BCUT2D eigenvalue weighted by molar-refractivity contribution is 7.80. The molecule has 0 aliphatic carbocycles. The molecule has 0 spiro atoms. The van der Waals surface area contributed by atoms with Gasteiger partial charge in [0.05, 0.1) is 6.20 Å². The number of hydrogen-bond donors (Lipinski definition) is 2. The third kappa shape index (κ3) is 4.54. The molecule has 0 saturated carbocycles. The summed E-state index contributed by atoms with van der Waals surface area (Å²) in [5, 5.41) is 11.7. The monoisotopic (exact) mass is 294 g/mol. The molecule has 2 N–H and O–H groups in total. The number of thiocarbonyl (C=S) groups is 1. The van der Waals surface area contributed by atoms with Crippen LogP contribution in [0.15, 0.2) is 36.7 Å². The number of aromatic nitrogens is 2. The maximum absolute atomic E-state index is 5.83. The number of halogens is 1. The summed E-state index contributed by atoms with van der Waals surface area (Å²) in [6, 6.07) is 7.67. The van der Waals surface area contributed by atoms with Gasteiger partial charge in [0.25, 0.3) is 0 Å². The van der Waals surface area contributed by atoms with Crippen LogP contribution in [0.3, 0.4) is 0 Å². The van der Waals surface area contributed by atoms with Gasteiger partial charge in [0.15, 0.2) is 5.11 Å². The summed E-state index contributed by atoms with van der Waals surface area (Å²) in [5.41, 5.74) is 2.23. The van der Waals surface area contributed by atoms with Crippen LogP contribution in [0.4, 0.5) is 0 Å². The van der Waals surface area contributed by atoms with E-state index in [1.54, 1.807) is 4.68 Å². The van der Waals surface area contributed by atoms with Crippen molar-refractivity contribution in [2.24, 2.45) is 7.05 Å². The van der Waals surface area contributed by atoms with E-state index in [0.29, 0.717) is 18.2 Å². The predicted octanol–water partition coefficient (Wildman–Crippen LogP) is 2.24. The molecule has 4 nitrogen and oxygen atoms in total. The molecular formula is C13H15ClN4S. The third-order valence-corrected chi connectivity index (χ3v) is 3.12. The van der Waals surface area contributed by atoms with Gasteiger partial charge in [-0.15, -0.1) is 0 Å². The van der Waals surface area contributed by atoms with E-state index in [2.05, 4.69) is 15.7 Å². The van der Waals surface area contributed by atoms with E-state index < -0.39 is 0 Å². The van der Waals surface area contributed by atoms with Crippen LogP contribution < -0.4 is 10.6 Å². The second kappa shape index (κ2) is 6.54. The Morgan fingerprint density at radius 1 is 1.21 bits per heavy atom. The first-order chi connectivity index (χ1) is 9.13. The average molecular weight is 295 g/mol. The van der Waals surface area contributed by atoms with Crippen molar-refractivity contribution in [2.45, 2.75) is 13.1 Å². The van der Waals surface area contributed by atoms with E-state index >= 15 is 0 Å². The topological polar surface area (TPSA) is 41.9 Å². The summed E-state index contributed by atoms with van der Waals surface area (Å²) in [6.07, 6.45) is 3.77. The molecule has 0 bridgehead atoms. The molecule has 1 aromatic heterocycles. The van der Waals surface area contributed by atoms with E-state index in [1.807, 2.05) is 43.7 Å². The second-order valence-corrected chi connectivity index (χ2v) is 5.03. The molecule has 0 fully saturated rings. The van der Waals surface area contributed by atoms with Crippen LogP contribution in [0, 0.1) is 0 Å². The summed E-state index contributed by atoms with van der Waals surface area (Å²) in [6.45, 7) is 1.34. The fraction of sp³-hybridized carbons (Fsp3) is 0.231. The van der Waals surface area contributed by atoms with E-state index in [0.717, 1.165) is 16.1 Å². The van der Waals surface area contributed by atoms with Crippen LogP contribution in [0.1, 0.15) is 11.1 Å². The number of aryl methyl sites for hydroxylation is 1. The molecule has 0 aliphatic heterocycles. The van der Waals surface area contributed by atoms with E-state index in [4.69, 9.17) is 23.8 Å². The first-order valence-corrected chi connectivity index (χ1v) is 6.66. The quantitative estimate of drug-likeness (QED) is 0.849. The molecule has 100 valence electrons. The van der Waals surface area contributed by atoms with Gasteiger partial charge in [0, 0.05) is 36.9 Å². The van der Waals surface area contributed by atoms with Gasteiger partial charge in [-0.3, -0.25) is 4.68 Å². The van der Waals surface area contributed by atoms with Crippen molar-refractivity contribution in [3.8, 4) is 0 Å². The van der Waals surface area contributed by atoms with Crippen LogP contribution in [0.5, 0.6) is 0 Å². The zero-order valence-electron chi connectivity index (χ0n) is 10.6. The first-order valence-electron chi connectivity index (χ1n) is 5.87. The third-order valence-electron chi connectivity index (χ3n) is 2.58. The molecule has 1 aromatic carbocycles. The van der Waals surface area contributed by atoms with Crippen molar-refractivity contribution in [3.05, 3.63) is 52.8 Å². The number of hydrogen-bond acceptors (Lipinski definition) is 2. The lowest BCUT2D eigenvalue weighted by molar-refractivity contribution is 0.765. The van der Waals surface area contributed by atoms with Gasteiger partial charge >= 0.3 is 0 Å². The Morgan fingerprint density at radius 2 is 1.84 bits per heavy atom. The van der Waals surface area contributed by atoms with Gasteiger partial charge in [-0.2, -0.15) is 5.10 Å². The summed E-state index contributed by atoms with van der Waals surface area (Å²) in [7, 11) is 1.89. The minimum Gasteiger partial charge on any atom is -0.359 e. The normalized spacial score (nSPS) is 10.2. The highest BCUT2D eigenvalue weighted by atomic mass is 35.5. The maximum atomic E-state index is 5.83. The molecule has 1 heterocycles. The molecule has 0 atom stereocenters. The van der Waals surface area contributed by atoms with Gasteiger partial charge < -0.3 is 10.6 Å². The lowest BCUT2D eigenvalue weighted by atomic mass is 10.2. The summed E-state index contributed by atoms with van der Waals surface area (Å²) in [5.74, 6) is 0. The number of nitrogens with zero attached hydrogens (tertiary/aromatic N) is 2. The second-order valence-electron chi connectivity index (χ2n) is 4.18. The Kier molecular flexibility index (Phi) is 4.76. The molecule has 0 radical (unpaired) electrons. The molecule has 2 aromatic rings. The van der Waals surface area contributed by atoms with Crippen molar-refractivity contribution < 1.29 is 0 Å². The molecule has 6 heteroatoms. The fourth-order valence-corrected chi connectivity index (χ4v) is 1.86. The van der Waals surface area contributed by atoms with Crippen LogP contribution in [0.25, 0.3) is 0 Å². The Balaban J connectivity index is 1.74. The van der Waals surface area contributed by atoms with Crippen molar-refractivity contribution in [1.29, 1.82) is 0 Å². The van der Waals surface area contributed by atoms with Gasteiger partial charge in [-0.05, 0) is 29.9 Å². The Labute approximate surface area is 122 Å². The van der Waals surface area contributed by atoms with Crippen LogP contribution in [-0.4, -0.2) is 14.9 Å². The Bertz CT molecular complexity index is 550. The van der Waals surface area contributed by atoms with Gasteiger partial charge in [-0.25, -0.2) is 0 Å². The highest BCUT2D eigenvalue weighted by Gasteiger charge is 1.99. The fourth-order valence-electron chi connectivity index (χ4n) is 1.59. The zero-order valence-corrected chi connectivity index (χ0v) is 12.1. The molecule has 19 heavy (non-hydrogen) atoms. The summed E-state index contributed by atoms with van der Waals surface area (Å²) in [4.78, 5) is 0. The molecule has 0 unspecified atom stereocenters. The minimum absolute atomic E-state index is 0.624. The lowest BCUT2D eigenvalue weighted by Crippen LogP contribution is -2.34. The Morgan fingerprint density at radius 3 is 2.42 bits per heavy atom. The average Bonchev–Trinajstić information content (AvgIpc) is 2.81. The minimum atomic E-state index is 0.624. The summed E-state index contributed by atoms with van der Waals surface area (Å²) < 4.78 is 1.77. The van der Waals surface area contributed by atoms with Gasteiger partial charge in [0.1, 0.15) is 0 Å². The lowest BCUT2D eigenvalue weighted by Gasteiger charge is -2.09. The molecule has 0 saturated heterocycles. The Hall–Kier alpha value is -1.59. The van der Waals surface area contributed by atoms with Crippen LogP contribution in [-0.2, 0) is 20.1 Å². The number of benzene rings is 1. The molecule has 2 rings (SSSR count). The molecular weight excluding hydrogens is 280 g/mol. The predicted molar refractivity (Wildman–Crippen MR) is 80.9 cm³/mol.